The van der Waals surface area contributed by atoms with Gasteiger partial charge in [0.1, 0.15) is 5.75 Å². The molecule has 0 unspecified atom stereocenters. The number of nitrogen functional groups attached to an aromatic ring is 1. The van der Waals surface area contributed by atoms with E-state index in [1.807, 2.05) is 31.2 Å². The lowest BCUT2D eigenvalue weighted by Crippen LogP contribution is -2.21. The lowest BCUT2D eigenvalue weighted by atomic mass is 9.87. The number of carbonyl (C=O) groups is 1. The first-order valence-corrected chi connectivity index (χ1v) is 8.13. The van der Waals surface area contributed by atoms with Crippen LogP contribution in [0.15, 0.2) is 36.4 Å². The Bertz CT molecular complexity index is 711. The van der Waals surface area contributed by atoms with E-state index in [1.165, 1.54) is 5.56 Å². The summed E-state index contributed by atoms with van der Waals surface area (Å²) in [4.78, 5) is 12.1. The molecule has 0 saturated heterocycles. The molecule has 0 aliphatic rings. The average molecular weight is 347 g/mol. The molecule has 0 heterocycles. The third-order valence-electron chi connectivity index (χ3n) is 3.66. The van der Waals surface area contributed by atoms with Gasteiger partial charge in [-0.05, 0) is 47.7 Å². The number of rotatable bonds is 4. The number of hydrogen-bond acceptors (Lipinski definition) is 3. The summed E-state index contributed by atoms with van der Waals surface area (Å²) in [5.41, 5.74) is 8.94. The standard InChI is InChI=1S/C19H23ClN2O2/c1-12-9-14(21)10-16(20)18(12)22-17(23)11-24-15-7-5-13(6-8-15)19(2,3)4/h5-10H,11,21H2,1-4H3,(H,22,23). The highest BCUT2D eigenvalue weighted by Gasteiger charge is 2.14. The Kier molecular flexibility index (Phi) is 5.40. The molecule has 128 valence electrons. The van der Waals surface area contributed by atoms with Gasteiger partial charge >= 0.3 is 0 Å². The van der Waals surface area contributed by atoms with Gasteiger partial charge in [-0.25, -0.2) is 0 Å². The number of aryl methyl sites for hydroxylation is 1. The summed E-state index contributed by atoms with van der Waals surface area (Å²) in [7, 11) is 0. The van der Waals surface area contributed by atoms with Crippen molar-refractivity contribution in [2.75, 3.05) is 17.7 Å². The van der Waals surface area contributed by atoms with Crippen molar-refractivity contribution in [2.45, 2.75) is 33.1 Å². The molecule has 0 aromatic heterocycles. The fourth-order valence-corrected chi connectivity index (χ4v) is 2.63. The number of carbonyl (C=O) groups excluding carboxylic acids is 1. The fourth-order valence-electron chi connectivity index (χ4n) is 2.30. The quantitative estimate of drug-likeness (QED) is 0.798. The molecule has 0 fully saturated rings. The van der Waals surface area contributed by atoms with E-state index in [2.05, 4.69) is 26.1 Å². The highest BCUT2D eigenvalue weighted by atomic mass is 35.5. The van der Waals surface area contributed by atoms with E-state index in [9.17, 15) is 4.79 Å². The number of amides is 1. The summed E-state index contributed by atoms with van der Waals surface area (Å²) in [5.74, 6) is 0.378. The Morgan fingerprint density at radius 1 is 1.21 bits per heavy atom. The van der Waals surface area contributed by atoms with Gasteiger partial charge < -0.3 is 15.8 Å². The minimum atomic E-state index is -0.273. The van der Waals surface area contributed by atoms with Crippen LogP contribution in [0.25, 0.3) is 0 Å². The van der Waals surface area contributed by atoms with Crippen LogP contribution < -0.4 is 15.8 Å². The minimum Gasteiger partial charge on any atom is -0.484 e. The highest BCUT2D eigenvalue weighted by Crippen LogP contribution is 2.28. The van der Waals surface area contributed by atoms with Gasteiger partial charge in [-0.2, -0.15) is 0 Å². The molecule has 3 N–H and O–H groups in total. The lowest BCUT2D eigenvalue weighted by molar-refractivity contribution is -0.118. The Labute approximate surface area is 148 Å². The van der Waals surface area contributed by atoms with Gasteiger partial charge in [0.05, 0.1) is 10.7 Å². The zero-order valence-corrected chi connectivity index (χ0v) is 15.2. The number of anilines is 2. The van der Waals surface area contributed by atoms with Crippen LogP contribution >= 0.6 is 11.6 Å². The Morgan fingerprint density at radius 3 is 2.38 bits per heavy atom. The van der Waals surface area contributed by atoms with Crippen molar-refractivity contribution in [2.24, 2.45) is 0 Å². The predicted molar refractivity (Wildman–Crippen MR) is 99.9 cm³/mol. The maximum atomic E-state index is 12.1. The van der Waals surface area contributed by atoms with Gasteiger partial charge in [0.15, 0.2) is 6.61 Å². The summed E-state index contributed by atoms with van der Waals surface area (Å²) in [6, 6.07) is 11.1. The van der Waals surface area contributed by atoms with Gasteiger partial charge in [0, 0.05) is 5.69 Å². The summed E-state index contributed by atoms with van der Waals surface area (Å²) in [6.45, 7) is 8.19. The summed E-state index contributed by atoms with van der Waals surface area (Å²) in [5, 5.41) is 3.17. The van der Waals surface area contributed by atoms with Crippen LogP contribution in [0.2, 0.25) is 5.02 Å². The second kappa shape index (κ2) is 7.14. The van der Waals surface area contributed by atoms with Gasteiger partial charge in [0.25, 0.3) is 5.91 Å². The first kappa shape index (κ1) is 18.1. The molecule has 24 heavy (non-hydrogen) atoms. The summed E-state index contributed by atoms with van der Waals surface area (Å²) < 4.78 is 5.53. The van der Waals surface area contributed by atoms with Crippen LogP contribution in [-0.2, 0) is 10.2 Å². The Hall–Kier alpha value is -2.20. The minimum absolute atomic E-state index is 0.0827. The molecule has 2 aromatic carbocycles. The largest absolute Gasteiger partial charge is 0.484 e. The smallest absolute Gasteiger partial charge is 0.262 e. The molecule has 5 heteroatoms. The monoisotopic (exact) mass is 346 g/mol. The van der Waals surface area contributed by atoms with Crippen molar-refractivity contribution in [3.63, 3.8) is 0 Å². The molecule has 1 amide bonds. The zero-order valence-electron chi connectivity index (χ0n) is 14.4. The average Bonchev–Trinajstić information content (AvgIpc) is 2.48. The van der Waals surface area contributed by atoms with Crippen LogP contribution in [0.5, 0.6) is 5.75 Å². The molecule has 0 aliphatic carbocycles. The maximum Gasteiger partial charge on any atom is 0.262 e. The molecule has 2 aromatic rings. The Balaban J connectivity index is 1.97. The topological polar surface area (TPSA) is 64.3 Å². The molecular formula is C19H23ClN2O2. The number of nitrogens with one attached hydrogen (secondary N) is 1. The second-order valence-corrected chi connectivity index (χ2v) is 7.21. The summed E-state index contributed by atoms with van der Waals surface area (Å²) >= 11 is 6.12. The number of hydrogen-bond donors (Lipinski definition) is 2. The Morgan fingerprint density at radius 2 is 1.83 bits per heavy atom. The number of benzene rings is 2. The van der Waals surface area contributed by atoms with E-state index in [0.717, 1.165) is 5.56 Å². The predicted octanol–water partition coefficient (Wildman–Crippen LogP) is 4.55. The van der Waals surface area contributed by atoms with Crippen molar-refractivity contribution < 1.29 is 9.53 Å². The molecule has 0 radical (unpaired) electrons. The van der Waals surface area contributed by atoms with Gasteiger partial charge in [0.2, 0.25) is 0 Å². The van der Waals surface area contributed by atoms with Crippen LogP contribution in [0, 0.1) is 6.92 Å². The molecule has 0 saturated carbocycles. The second-order valence-electron chi connectivity index (χ2n) is 6.81. The van der Waals surface area contributed by atoms with E-state index >= 15 is 0 Å². The van der Waals surface area contributed by atoms with E-state index in [0.29, 0.717) is 22.1 Å². The number of halogens is 1. The van der Waals surface area contributed by atoms with Gasteiger partial charge in [-0.1, -0.05) is 44.5 Å². The van der Waals surface area contributed by atoms with Crippen LogP contribution in [0.4, 0.5) is 11.4 Å². The molecule has 2 rings (SSSR count). The molecular weight excluding hydrogens is 324 g/mol. The van der Waals surface area contributed by atoms with E-state index < -0.39 is 0 Å². The molecule has 0 atom stereocenters. The van der Waals surface area contributed by atoms with E-state index in [4.69, 9.17) is 22.1 Å². The molecule has 0 spiro atoms. The first-order chi connectivity index (χ1) is 11.2. The maximum absolute atomic E-state index is 12.1. The zero-order chi connectivity index (χ0) is 17.9. The lowest BCUT2D eigenvalue weighted by Gasteiger charge is -2.19. The fraction of sp³-hybridized carbons (Fsp3) is 0.316. The van der Waals surface area contributed by atoms with Crippen LogP contribution in [0.1, 0.15) is 31.9 Å². The third kappa shape index (κ3) is 4.65. The van der Waals surface area contributed by atoms with Crippen molar-refractivity contribution in [1.29, 1.82) is 0 Å². The van der Waals surface area contributed by atoms with E-state index in [-0.39, 0.29) is 17.9 Å². The van der Waals surface area contributed by atoms with Crippen molar-refractivity contribution >= 4 is 28.9 Å². The van der Waals surface area contributed by atoms with Crippen LogP contribution in [-0.4, -0.2) is 12.5 Å². The molecule has 4 nitrogen and oxygen atoms in total. The first-order valence-electron chi connectivity index (χ1n) is 7.75. The van der Waals surface area contributed by atoms with Gasteiger partial charge in [-0.3, -0.25) is 4.79 Å². The SMILES string of the molecule is Cc1cc(N)cc(Cl)c1NC(=O)COc1ccc(C(C)(C)C)cc1. The van der Waals surface area contributed by atoms with Crippen LogP contribution in [0.3, 0.4) is 0 Å². The van der Waals surface area contributed by atoms with Crippen molar-refractivity contribution in [1.82, 2.24) is 0 Å². The van der Waals surface area contributed by atoms with Gasteiger partial charge in [-0.15, -0.1) is 0 Å². The third-order valence-corrected chi connectivity index (χ3v) is 3.96. The number of ether oxygens (including phenoxy) is 1. The normalized spacial score (nSPS) is 11.2. The molecule has 0 bridgehead atoms. The van der Waals surface area contributed by atoms with Crippen molar-refractivity contribution in [3.8, 4) is 5.75 Å². The van der Waals surface area contributed by atoms with Crippen molar-refractivity contribution in [3.05, 3.63) is 52.5 Å². The molecule has 0 aliphatic heterocycles. The summed E-state index contributed by atoms with van der Waals surface area (Å²) in [6.07, 6.45) is 0. The van der Waals surface area contributed by atoms with E-state index in [1.54, 1.807) is 12.1 Å². The highest BCUT2D eigenvalue weighted by molar-refractivity contribution is 6.34. The number of nitrogens with two attached hydrogens (primary N) is 1.